The topological polar surface area (TPSA) is 75.9 Å². The molecule has 0 unspecified atom stereocenters. The zero-order valence-corrected chi connectivity index (χ0v) is 18.7. The number of alkyl halides is 2. The second-order valence-corrected chi connectivity index (χ2v) is 10.1. The molecule has 1 fully saturated rings. The van der Waals surface area contributed by atoms with Crippen molar-refractivity contribution in [3.05, 3.63) is 70.6 Å². The zero-order valence-electron chi connectivity index (χ0n) is 17.9. The van der Waals surface area contributed by atoms with Crippen LogP contribution in [0.1, 0.15) is 37.6 Å². The number of thioether (sulfide) groups is 1. The molecule has 0 amide bonds. The molecule has 1 aliphatic heterocycles. The normalized spacial score (nSPS) is 28.5. The van der Waals surface area contributed by atoms with Crippen LogP contribution in [0.25, 0.3) is 16.7 Å². The second kappa shape index (κ2) is 7.30. The van der Waals surface area contributed by atoms with E-state index < -0.39 is 39.4 Å². The van der Waals surface area contributed by atoms with E-state index in [0.29, 0.717) is 11.8 Å². The van der Waals surface area contributed by atoms with E-state index in [1.165, 1.54) is 51.2 Å². The Labute approximate surface area is 192 Å². The molecule has 172 valence electrons. The Morgan fingerprint density at radius 3 is 2.58 bits per heavy atom. The van der Waals surface area contributed by atoms with Gasteiger partial charge < -0.3 is 10.8 Å². The van der Waals surface area contributed by atoms with Crippen LogP contribution in [0.5, 0.6) is 0 Å². The van der Waals surface area contributed by atoms with Crippen molar-refractivity contribution in [1.82, 2.24) is 4.98 Å². The van der Waals surface area contributed by atoms with Crippen LogP contribution in [-0.4, -0.2) is 31.5 Å². The molecule has 2 heterocycles. The molecular weight excluding hydrogens is 456 g/mol. The van der Waals surface area contributed by atoms with Crippen molar-refractivity contribution in [2.45, 2.75) is 42.6 Å². The molecule has 0 bridgehead atoms. The van der Waals surface area contributed by atoms with Crippen LogP contribution in [0.2, 0.25) is 0 Å². The molecular formula is C23H20F4N4OS. The predicted octanol–water partition coefficient (Wildman–Crippen LogP) is 5.29. The second-order valence-electron chi connectivity index (χ2n) is 8.80. The Hall–Kier alpha value is -2.90. The molecule has 3 atom stereocenters. The number of amidine groups is 1. The number of hydrogen-bond acceptors (Lipinski definition) is 5. The molecule has 1 aromatic heterocycles. The molecule has 1 aliphatic carbocycles. The zero-order chi connectivity index (χ0) is 24.4. The lowest BCUT2D eigenvalue weighted by molar-refractivity contribution is 0.0124. The quantitative estimate of drug-likeness (QED) is 0.465. The lowest BCUT2D eigenvalue weighted by Gasteiger charge is -2.37. The van der Waals surface area contributed by atoms with E-state index in [2.05, 4.69) is 14.8 Å². The molecule has 10 heteroatoms. The van der Waals surface area contributed by atoms with Gasteiger partial charge in [-0.1, -0.05) is 23.9 Å². The molecule has 2 aromatic rings. The third-order valence-corrected chi connectivity index (χ3v) is 7.84. The SMILES string of the molecule is [C-]#[N+]c1ccc(/C(F)=C/c2ccc(F)c([C@@]3(C)N=C(N)S[C@]4(C(C)(C)O)[C@H]3C4(F)F)c2)nc1. The van der Waals surface area contributed by atoms with Gasteiger partial charge in [0.2, 0.25) is 5.69 Å². The average molecular weight is 476 g/mol. The molecule has 1 saturated carbocycles. The maximum absolute atomic E-state index is 15.2. The first-order valence-electron chi connectivity index (χ1n) is 9.93. The molecule has 0 saturated heterocycles. The minimum Gasteiger partial charge on any atom is -0.389 e. The standard InChI is InChI=1S/C23H20F4N4OS/c1-20(2,32)22-18(23(22,26)27)21(3,31-19(28)33-22)14-9-12(5-7-15(14)24)10-16(25)17-8-6-13(29-4)11-30-17/h5-11,18,32H,1-3H3,(H2,28,31)/b16-10-/t18-,21+,22-/m0/s1. The van der Waals surface area contributed by atoms with Gasteiger partial charge in [-0.05, 0) is 50.6 Å². The summed E-state index contributed by atoms with van der Waals surface area (Å²) >= 11 is 0.599. The van der Waals surface area contributed by atoms with Gasteiger partial charge in [-0.3, -0.25) is 9.98 Å². The summed E-state index contributed by atoms with van der Waals surface area (Å²) in [5, 5.41) is 10.4. The number of rotatable bonds is 4. The van der Waals surface area contributed by atoms with Gasteiger partial charge in [-0.2, -0.15) is 0 Å². The van der Waals surface area contributed by atoms with Crippen molar-refractivity contribution in [1.29, 1.82) is 0 Å². The van der Waals surface area contributed by atoms with E-state index in [-0.39, 0.29) is 27.7 Å². The molecule has 4 rings (SSSR count). The number of aliphatic hydroxyl groups is 1. The number of hydrogen-bond donors (Lipinski definition) is 2. The van der Waals surface area contributed by atoms with Crippen LogP contribution >= 0.6 is 11.8 Å². The molecule has 33 heavy (non-hydrogen) atoms. The fourth-order valence-electron chi connectivity index (χ4n) is 4.67. The summed E-state index contributed by atoms with van der Waals surface area (Å²) in [4.78, 5) is 11.3. The number of halogens is 4. The van der Waals surface area contributed by atoms with Gasteiger partial charge in [0.25, 0.3) is 5.92 Å². The molecule has 0 spiro atoms. The van der Waals surface area contributed by atoms with Gasteiger partial charge in [0.05, 0.1) is 29.3 Å². The first kappa shape index (κ1) is 23.3. The van der Waals surface area contributed by atoms with Gasteiger partial charge in [0.1, 0.15) is 16.4 Å². The summed E-state index contributed by atoms with van der Waals surface area (Å²) in [5.74, 6) is -6.46. The van der Waals surface area contributed by atoms with Crippen LogP contribution in [0.4, 0.5) is 23.2 Å². The van der Waals surface area contributed by atoms with Crippen molar-refractivity contribution in [3.8, 4) is 0 Å². The van der Waals surface area contributed by atoms with Crippen LogP contribution < -0.4 is 5.73 Å². The van der Waals surface area contributed by atoms with Gasteiger partial charge in [-0.25, -0.2) is 22.4 Å². The minimum absolute atomic E-state index is 0.0365. The summed E-state index contributed by atoms with van der Waals surface area (Å²) in [6.07, 6.45) is 2.31. The monoisotopic (exact) mass is 476 g/mol. The highest BCUT2D eigenvalue weighted by atomic mass is 32.2. The van der Waals surface area contributed by atoms with Crippen molar-refractivity contribution in [2.24, 2.45) is 16.6 Å². The first-order valence-corrected chi connectivity index (χ1v) is 10.7. The van der Waals surface area contributed by atoms with Gasteiger partial charge in [0.15, 0.2) is 5.17 Å². The summed E-state index contributed by atoms with van der Waals surface area (Å²) < 4.78 is 58.1. The van der Waals surface area contributed by atoms with Crippen molar-refractivity contribution in [3.63, 3.8) is 0 Å². The Morgan fingerprint density at radius 2 is 2.00 bits per heavy atom. The number of aromatic nitrogens is 1. The van der Waals surface area contributed by atoms with Crippen LogP contribution in [0.15, 0.2) is 41.5 Å². The van der Waals surface area contributed by atoms with Gasteiger partial charge in [0, 0.05) is 11.8 Å². The highest BCUT2D eigenvalue weighted by Crippen LogP contribution is 2.77. The van der Waals surface area contributed by atoms with E-state index in [0.717, 1.165) is 12.1 Å². The average Bonchev–Trinajstić information content (AvgIpc) is 3.26. The van der Waals surface area contributed by atoms with E-state index in [9.17, 15) is 13.9 Å². The Balaban J connectivity index is 1.79. The fraction of sp³-hybridized carbons (Fsp3) is 0.348. The number of aliphatic imine (C=N–C) groups is 1. The number of pyridine rings is 1. The van der Waals surface area contributed by atoms with Gasteiger partial charge in [-0.15, -0.1) is 0 Å². The lowest BCUT2D eigenvalue weighted by Crippen LogP contribution is -2.47. The fourth-order valence-corrected chi connectivity index (χ4v) is 6.18. The molecule has 5 nitrogen and oxygen atoms in total. The van der Waals surface area contributed by atoms with Crippen LogP contribution in [0, 0.1) is 18.3 Å². The Kier molecular flexibility index (Phi) is 5.15. The van der Waals surface area contributed by atoms with Crippen molar-refractivity contribution < 1.29 is 22.7 Å². The summed E-state index contributed by atoms with van der Waals surface area (Å²) in [5.41, 5.74) is 2.48. The van der Waals surface area contributed by atoms with Crippen LogP contribution in [0.3, 0.4) is 0 Å². The Bertz CT molecular complexity index is 1230. The molecule has 3 N–H and O–H groups in total. The summed E-state index contributed by atoms with van der Waals surface area (Å²) in [7, 11) is 0. The summed E-state index contributed by atoms with van der Waals surface area (Å²) in [6.45, 7) is 10.8. The highest BCUT2D eigenvalue weighted by Gasteiger charge is 2.91. The molecule has 1 aromatic carbocycles. The predicted molar refractivity (Wildman–Crippen MR) is 120 cm³/mol. The lowest BCUT2D eigenvalue weighted by atomic mass is 9.82. The maximum atomic E-state index is 15.2. The highest BCUT2D eigenvalue weighted by molar-refractivity contribution is 8.15. The molecule has 0 radical (unpaired) electrons. The van der Waals surface area contributed by atoms with E-state index in [1.807, 2.05) is 0 Å². The van der Waals surface area contributed by atoms with Crippen molar-refractivity contribution >= 4 is 34.5 Å². The number of benzene rings is 1. The van der Waals surface area contributed by atoms with Crippen molar-refractivity contribution in [2.75, 3.05) is 0 Å². The smallest absolute Gasteiger partial charge is 0.273 e. The first-order chi connectivity index (χ1) is 15.3. The Morgan fingerprint density at radius 1 is 1.30 bits per heavy atom. The number of nitrogens with two attached hydrogens (primary N) is 1. The maximum Gasteiger partial charge on any atom is 0.273 e. The minimum atomic E-state index is -3.38. The van der Waals surface area contributed by atoms with Gasteiger partial charge >= 0.3 is 0 Å². The van der Waals surface area contributed by atoms with E-state index in [4.69, 9.17) is 12.3 Å². The molecule has 2 aliphatic rings. The number of nitrogens with zero attached hydrogens (tertiary/aromatic N) is 3. The third-order valence-electron chi connectivity index (χ3n) is 6.21. The van der Waals surface area contributed by atoms with E-state index >= 15 is 8.78 Å². The summed E-state index contributed by atoms with van der Waals surface area (Å²) in [6, 6.07) is 6.33. The largest absolute Gasteiger partial charge is 0.389 e. The van der Waals surface area contributed by atoms with E-state index in [1.54, 1.807) is 0 Å². The number of fused-ring (bicyclic) bond motifs is 1. The third kappa shape index (κ3) is 3.33. The van der Waals surface area contributed by atoms with Crippen LogP contribution in [-0.2, 0) is 5.54 Å².